The molecule has 2 aromatic rings. The second-order valence-electron chi connectivity index (χ2n) is 5.36. The van der Waals surface area contributed by atoms with Crippen molar-refractivity contribution in [3.05, 3.63) is 69.2 Å². The van der Waals surface area contributed by atoms with Crippen LogP contribution in [0.5, 0.6) is 0 Å². The first-order chi connectivity index (χ1) is 10.9. The van der Waals surface area contributed by atoms with E-state index in [1.807, 2.05) is 26.0 Å². The number of benzene rings is 2. The van der Waals surface area contributed by atoms with E-state index in [9.17, 15) is 9.59 Å². The SMILES string of the molecule is Cc1cccc(N2C(=O)C(Cl)=C(c3ccc(Cl)cc3)C2=O)c1C. The van der Waals surface area contributed by atoms with Gasteiger partial charge in [-0.15, -0.1) is 0 Å². The smallest absolute Gasteiger partial charge is 0.268 e. The lowest BCUT2D eigenvalue weighted by atomic mass is 10.1. The lowest BCUT2D eigenvalue weighted by molar-refractivity contribution is -0.119. The van der Waals surface area contributed by atoms with Crippen molar-refractivity contribution < 1.29 is 9.59 Å². The van der Waals surface area contributed by atoms with Crippen molar-refractivity contribution in [1.82, 2.24) is 0 Å². The molecule has 0 atom stereocenters. The average molecular weight is 346 g/mol. The van der Waals surface area contributed by atoms with E-state index in [0.717, 1.165) is 16.0 Å². The monoisotopic (exact) mass is 345 g/mol. The van der Waals surface area contributed by atoms with Gasteiger partial charge in [0.15, 0.2) is 0 Å². The number of rotatable bonds is 2. The van der Waals surface area contributed by atoms with Crippen LogP contribution >= 0.6 is 23.2 Å². The maximum atomic E-state index is 12.8. The van der Waals surface area contributed by atoms with Gasteiger partial charge in [-0.2, -0.15) is 0 Å². The Morgan fingerprint density at radius 3 is 2.17 bits per heavy atom. The minimum absolute atomic E-state index is 0.0711. The number of anilines is 1. The maximum Gasteiger partial charge on any atom is 0.277 e. The van der Waals surface area contributed by atoms with Crippen molar-refractivity contribution in [3.63, 3.8) is 0 Å². The highest BCUT2D eigenvalue weighted by molar-refractivity contribution is 6.60. The van der Waals surface area contributed by atoms with Gasteiger partial charge in [-0.1, -0.05) is 47.5 Å². The van der Waals surface area contributed by atoms with Crippen LogP contribution in [0.15, 0.2) is 47.5 Å². The van der Waals surface area contributed by atoms with E-state index >= 15 is 0 Å². The fourth-order valence-corrected chi connectivity index (χ4v) is 2.97. The Labute approximate surface area is 144 Å². The molecule has 1 heterocycles. The number of aryl methyl sites for hydroxylation is 1. The van der Waals surface area contributed by atoms with Crippen LogP contribution < -0.4 is 4.90 Å². The van der Waals surface area contributed by atoms with Gasteiger partial charge >= 0.3 is 0 Å². The summed E-state index contributed by atoms with van der Waals surface area (Å²) in [7, 11) is 0. The summed E-state index contributed by atoms with van der Waals surface area (Å²) in [6.07, 6.45) is 0. The molecule has 0 saturated carbocycles. The zero-order chi connectivity index (χ0) is 16.7. The number of hydrogen-bond donors (Lipinski definition) is 0. The molecule has 0 fully saturated rings. The van der Waals surface area contributed by atoms with Gasteiger partial charge in [0.25, 0.3) is 11.8 Å². The van der Waals surface area contributed by atoms with Gasteiger partial charge in [0, 0.05) is 5.02 Å². The van der Waals surface area contributed by atoms with Crippen LogP contribution in [0.4, 0.5) is 5.69 Å². The fraction of sp³-hybridized carbons (Fsp3) is 0.111. The number of imide groups is 1. The molecule has 1 aliphatic rings. The largest absolute Gasteiger partial charge is 0.277 e. The second kappa shape index (κ2) is 5.84. The molecular weight excluding hydrogens is 333 g/mol. The molecule has 0 spiro atoms. The highest BCUT2D eigenvalue weighted by Gasteiger charge is 2.39. The van der Waals surface area contributed by atoms with E-state index in [1.165, 1.54) is 0 Å². The predicted octanol–water partition coefficient (Wildman–Crippen LogP) is 4.48. The van der Waals surface area contributed by atoms with E-state index in [1.54, 1.807) is 30.3 Å². The minimum Gasteiger partial charge on any atom is -0.268 e. The molecule has 3 nitrogen and oxygen atoms in total. The van der Waals surface area contributed by atoms with E-state index in [-0.39, 0.29) is 10.6 Å². The molecule has 0 radical (unpaired) electrons. The molecule has 0 aromatic heterocycles. The molecule has 3 rings (SSSR count). The van der Waals surface area contributed by atoms with Crippen molar-refractivity contribution in [1.29, 1.82) is 0 Å². The number of halogens is 2. The van der Waals surface area contributed by atoms with Crippen molar-refractivity contribution in [3.8, 4) is 0 Å². The zero-order valence-electron chi connectivity index (χ0n) is 12.6. The van der Waals surface area contributed by atoms with Crippen LogP contribution in [0.25, 0.3) is 5.57 Å². The van der Waals surface area contributed by atoms with Gasteiger partial charge in [0.2, 0.25) is 0 Å². The quantitative estimate of drug-likeness (QED) is 0.752. The van der Waals surface area contributed by atoms with Crippen LogP contribution in [0.1, 0.15) is 16.7 Å². The third-order valence-corrected chi connectivity index (χ3v) is 4.58. The Kier molecular flexibility index (Phi) is 4.00. The Balaban J connectivity index is 2.09. The van der Waals surface area contributed by atoms with Gasteiger partial charge in [0.1, 0.15) is 5.03 Å². The lowest BCUT2D eigenvalue weighted by Gasteiger charge is -2.18. The van der Waals surface area contributed by atoms with Crippen molar-refractivity contribution in [2.75, 3.05) is 4.90 Å². The maximum absolute atomic E-state index is 12.8. The summed E-state index contributed by atoms with van der Waals surface area (Å²) in [5, 5.41) is 0.479. The van der Waals surface area contributed by atoms with E-state index in [0.29, 0.717) is 16.3 Å². The topological polar surface area (TPSA) is 37.4 Å². The molecule has 1 aliphatic heterocycles. The highest BCUT2D eigenvalue weighted by atomic mass is 35.5. The molecular formula is C18H13Cl2NO2. The molecule has 23 heavy (non-hydrogen) atoms. The number of amides is 2. The summed E-state index contributed by atoms with van der Waals surface area (Å²) in [4.78, 5) is 26.5. The Morgan fingerprint density at radius 2 is 1.52 bits per heavy atom. The third-order valence-electron chi connectivity index (χ3n) is 3.98. The number of carbonyl (C=O) groups excluding carboxylic acids is 2. The molecule has 0 saturated heterocycles. The van der Waals surface area contributed by atoms with Crippen LogP contribution in [0.3, 0.4) is 0 Å². The van der Waals surface area contributed by atoms with Gasteiger partial charge in [0.05, 0.1) is 11.3 Å². The molecule has 0 bridgehead atoms. The number of hydrogen-bond acceptors (Lipinski definition) is 2. The van der Waals surface area contributed by atoms with E-state index < -0.39 is 11.8 Å². The molecule has 5 heteroatoms. The average Bonchev–Trinajstić information content (AvgIpc) is 2.74. The normalized spacial score (nSPS) is 14.9. The first kappa shape index (κ1) is 15.8. The summed E-state index contributed by atoms with van der Waals surface area (Å²) < 4.78 is 0. The van der Waals surface area contributed by atoms with Crippen molar-refractivity contribution >= 4 is 46.3 Å². The van der Waals surface area contributed by atoms with Crippen LogP contribution in [-0.4, -0.2) is 11.8 Å². The number of nitrogens with zero attached hydrogens (tertiary/aromatic N) is 1. The van der Waals surface area contributed by atoms with Crippen LogP contribution in [0.2, 0.25) is 5.02 Å². The lowest BCUT2D eigenvalue weighted by Crippen LogP contribution is -2.31. The summed E-state index contributed by atoms with van der Waals surface area (Å²) in [6, 6.07) is 12.2. The number of carbonyl (C=O) groups is 2. The van der Waals surface area contributed by atoms with Crippen LogP contribution in [0, 0.1) is 13.8 Å². The van der Waals surface area contributed by atoms with Crippen molar-refractivity contribution in [2.24, 2.45) is 0 Å². The summed E-state index contributed by atoms with van der Waals surface area (Å²) in [6.45, 7) is 3.80. The summed E-state index contributed by atoms with van der Waals surface area (Å²) >= 11 is 12.0. The predicted molar refractivity (Wildman–Crippen MR) is 92.6 cm³/mol. The van der Waals surface area contributed by atoms with Crippen LogP contribution in [-0.2, 0) is 9.59 Å². The Bertz CT molecular complexity index is 854. The third kappa shape index (κ3) is 2.56. The minimum atomic E-state index is -0.504. The highest BCUT2D eigenvalue weighted by Crippen LogP contribution is 2.36. The molecule has 2 aromatic carbocycles. The Morgan fingerprint density at radius 1 is 0.870 bits per heavy atom. The summed E-state index contributed by atoms with van der Waals surface area (Å²) in [5.74, 6) is -0.925. The molecule has 2 amide bonds. The van der Waals surface area contributed by atoms with E-state index in [4.69, 9.17) is 23.2 Å². The van der Waals surface area contributed by atoms with Gasteiger partial charge < -0.3 is 0 Å². The zero-order valence-corrected chi connectivity index (χ0v) is 14.1. The first-order valence-electron chi connectivity index (χ1n) is 7.02. The first-order valence-corrected chi connectivity index (χ1v) is 7.78. The fourth-order valence-electron chi connectivity index (χ4n) is 2.57. The standard InChI is InChI=1S/C18H13Cl2NO2/c1-10-4-3-5-14(11(10)2)21-17(22)15(16(20)18(21)23)12-6-8-13(19)9-7-12/h3-9H,1-2H3. The summed E-state index contributed by atoms with van der Waals surface area (Å²) in [5.41, 5.74) is 3.21. The molecule has 0 unspecified atom stereocenters. The second-order valence-corrected chi connectivity index (χ2v) is 6.18. The molecule has 0 N–H and O–H groups in total. The Hall–Kier alpha value is -2.10. The van der Waals surface area contributed by atoms with Gasteiger partial charge in [-0.25, -0.2) is 4.90 Å². The van der Waals surface area contributed by atoms with Crippen molar-refractivity contribution in [2.45, 2.75) is 13.8 Å². The van der Waals surface area contributed by atoms with E-state index in [2.05, 4.69) is 0 Å². The molecule has 0 aliphatic carbocycles. The van der Waals surface area contributed by atoms with Gasteiger partial charge in [-0.3, -0.25) is 9.59 Å². The molecule has 116 valence electrons. The van der Waals surface area contributed by atoms with Gasteiger partial charge in [-0.05, 0) is 48.7 Å².